The summed E-state index contributed by atoms with van der Waals surface area (Å²) in [6.07, 6.45) is 4.63. The van der Waals surface area contributed by atoms with Gasteiger partial charge in [0.1, 0.15) is 0 Å². The van der Waals surface area contributed by atoms with E-state index in [4.69, 9.17) is 0 Å². The third kappa shape index (κ3) is 3.37. The zero-order valence-corrected chi connectivity index (χ0v) is 15.3. The molecule has 2 N–H and O–H groups in total. The second-order valence-electron chi connectivity index (χ2n) is 7.33. The second-order valence-corrected chi connectivity index (χ2v) is 7.33. The number of aromatic nitrogens is 2. The smallest absolute Gasteiger partial charge is 0.335 e. The summed E-state index contributed by atoms with van der Waals surface area (Å²) < 4.78 is 0. The molecule has 0 radical (unpaired) electrons. The van der Waals surface area contributed by atoms with Gasteiger partial charge in [0, 0.05) is 30.5 Å². The summed E-state index contributed by atoms with van der Waals surface area (Å²) in [7, 11) is 0. The Balaban J connectivity index is 1.78. The maximum absolute atomic E-state index is 12.4. The van der Waals surface area contributed by atoms with Crippen LogP contribution in [0.15, 0.2) is 30.5 Å². The van der Waals surface area contributed by atoms with Crippen LogP contribution in [0, 0.1) is 12.8 Å². The van der Waals surface area contributed by atoms with Crippen LogP contribution in [-0.2, 0) is 4.79 Å². The molecule has 2 atom stereocenters. The topological polar surface area (TPSA) is 95.4 Å². The first-order valence-electron chi connectivity index (χ1n) is 9.17. The normalized spacial score (nSPS) is 21.5. The molecule has 1 aromatic carbocycles. The van der Waals surface area contributed by atoms with Crippen LogP contribution in [0.5, 0.6) is 0 Å². The van der Waals surface area contributed by atoms with Gasteiger partial charge in [0.15, 0.2) is 0 Å². The third-order valence-electron chi connectivity index (χ3n) is 5.32. The zero-order chi connectivity index (χ0) is 19.1. The average Bonchev–Trinajstić information content (AvgIpc) is 3.45. The van der Waals surface area contributed by atoms with E-state index in [1.54, 1.807) is 31.3 Å². The van der Waals surface area contributed by atoms with E-state index < -0.39 is 5.97 Å². The minimum absolute atomic E-state index is 0.0125. The predicted molar refractivity (Wildman–Crippen MR) is 101 cm³/mol. The molecule has 2 aliphatic rings. The lowest BCUT2D eigenvalue weighted by molar-refractivity contribution is -0.117. The number of aryl methyl sites for hydroxylation is 1. The van der Waals surface area contributed by atoms with E-state index in [1.807, 2.05) is 17.9 Å². The van der Waals surface area contributed by atoms with Crippen LogP contribution in [-0.4, -0.2) is 33.0 Å². The molecule has 1 aromatic heterocycles. The summed E-state index contributed by atoms with van der Waals surface area (Å²) in [5.74, 6) is 0.00459. The number of carboxylic acids is 1. The number of carbonyl (C=O) groups excluding carboxylic acids is 1. The van der Waals surface area contributed by atoms with Gasteiger partial charge >= 0.3 is 5.97 Å². The van der Waals surface area contributed by atoms with Crippen molar-refractivity contribution in [2.24, 2.45) is 5.92 Å². The van der Waals surface area contributed by atoms with Gasteiger partial charge in [0.2, 0.25) is 11.9 Å². The summed E-state index contributed by atoms with van der Waals surface area (Å²) in [4.78, 5) is 34.4. The van der Waals surface area contributed by atoms with Crippen LogP contribution >= 0.6 is 0 Å². The third-order valence-corrected chi connectivity index (χ3v) is 5.32. The molecular formula is C20H22N4O3. The molecule has 0 saturated heterocycles. The van der Waals surface area contributed by atoms with E-state index in [0.29, 0.717) is 18.3 Å². The molecule has 4 rings (SSSR count). The SMILES string of the molecule is CC(=O)N1c2ccc(C(=O)O)cc2C(Nc2nccc(C)n2)CC1C1CC1. The summed E-state index contributed by atoms with van der Waals surface area (Å²) in [5.41, 5.74) is 2.64. The summed E-state index contributed by atoms with van der Waals surface area (Å²) in [6.45, 7) is 3.47. The number of hydrogen-bond donors (Lipinski definition) is 2. The lowest BCUT2D eigenvalue weighted by atomic mass is 9.87. The van der Waals surface area contributed by atoms with Crippen molar-refractivity contribution in [3.63, 3.8) is 0 Å². The van der Waals surface area contributed by atoms with Gasteiger partial charge in [-0.25, -0.2) is 14.8 Å². The molecule has 1 saturated carbocycles. The summed E-state index contributed by atoms with van der Waals surface area (Å²) in [5, 5.41) is 12.8. The Morgan fingerprint density at radius 3 is 2.67 bits per heavy atom. The van der Waals surface area contributed by atoms with Gasteiger partial charge in [-0.15, -0.1) is 0 Å². The minimum Gasteiger partial charge on any atom is -0.478 e. The van der Waals surface area contributed by atoms with Crippen molar-refractivity contribution < 1.29 is 14.7 Å². The Morgan fingerprint density at radius 1 is 1.26 bits per heavy atom. The molecule has 1 fully saturated rings. The van der Waals surface area contributed by atoms with Crippen molar-refractivity contribution in [2.75, 3.05) is 10.2 Å². The number of rotatable bonds is 4. The van der Waals surface area contributed by atoms with E-state index in [2.05, 4.69) is 15.3 Å². The van der Waals surface area contributed by atoms with Gasteiger partial charge < -0.3 is 15.3 Å². The predicted octanol–water partition coefficient (Wildman–Crippen LogP) is 3.17. The Hall–Kier alpha value is -2.96. The number of carbonyl (C=O) groups is 2. The number of anilines is 2. The van der Waals surface area contributed by atoms with Crippen LogP contribution in [0.25, 0.3) is 0 Å². The van der Waals surface area contributed by atoms with Crippen LogP contribution in [0.1, 0.15) is 53.8 Å². The lowest BCUT2D eigenvalue weighted by Gasteiger charge is -2.41. The first-order chi connectivity index (χ1) is 12.9. The number of fused-ring (bicyclic) bond motifs is 1. The fraction of sp³-hybridized carbons (Fsp3) is 0.400. The monoisotopic (exact) mass is 366 g/mol. The number of carboxylic acid groups (broad SMARTS) is 1. The highest BCUT2D eigenvalue weighted by atomic mass is 16.4. The van der Waals surface area contributed by atoms with E-state index in [0.717, 1.165) is 29.8 Å². The van der Waals surface area contributed by atoms with Gasteiger partial charge in [-0.05, 0) is 61.9 Å². The number of nitrogens with one attached hydrogen (secondary N) is 1. The molecular weight excluding hydrogens is 344 g/mol. The summed E-state index contributed by atoms with van der Waals surface area (Å²) in [6, 6.07) is 6.75. The van der Waals surface area contributed by atoms with E-state index in [9.17, 15) is 14.7 Å². The Kier molecular flexibility index (Phi) is 4.30. The van der Waals surface area contributed by atoms with Crippen LogP contribution in [0.4, 0.5) is 11.6 Å². The fourth-order valence-corrected chi connectivity index (χ4v) is 3.94. The first-order valence-corrected chi connectivity index (χ1v) is 9.17. The first kappa shape index (κ1) is 17.5. The maximum Gasteiger partial charge on any atom is 0.335 e. The molecule has 1 aliphatic carbocycles. The minimum atomic E-state index is -0.984. The molecule has 7 nitrogen and oxygen atoms in total. The summed E-state index contributed by atoms with van der Waals surface area (Å²) >= 11 is 0. The molecule has 140 valence electrons. The molecule has 0 bridgehead atoms. The maximum atomic E-state index is 12.4. The van der Waals surface area contributed by atoms with Crippen molar-refractivity contribution in [1.82, 2.24) is 9.97 Å². The Labute approximate surface area is 157 Å². The van der Waals surface area contributed by atoms with Crippen molar-refractivity contribution in [3.8, 4) is 0 Å². The van der Waals surface area contributed by atoms with Crippen LogP contribution < -0.4 is 10.2 Å². The van der Waals surface area contributed by atoms with Crippen molar-refractivity contribution in [3.05, 3.63) is 47.3 Å². The van der Waals surface area contributed by atoms with Gasteiger partial charge in [0.05, 0.1) is 11.6 Å². The van der Waals surface area contributed by atoms with Crippen molar-refractivity contribution in [2.45, 2.75) is 45.2 Å². The Morgan fingerprint density at radius 2 is 2.04 bits per heavy atom. The van der Waals surface area contributed by atoms with Gasteiger partial charge in [-0.3, -0.25) is 4.79 Å². The number of hydrogen-bond acceptors (Lipinski definition) is 5. The van der Waals surface area contributed by atoms with E-state index in [1.165, 1.54) is 0 Å². The quantitative estimate of drug-likeness (QED) is 0.863. The largest absolute Gasteiger partial charge is 0.478 e. The molecule has 2 unspecified atom stereocenters. The highest BCUT2D eigenvalue weighted by molar-refractivity contribution is 5.95. The zero-order valence-electron chi connectivity index (χ0n) is 15.3. The van der Waals surface area contributed by atoms with Crippen molar-refractivity contribution >= 4 is 23.5 Å². The molecule has 2 aromatic rings. The van der Waals surface area contributed by atoms with Gasteiger partial charge in [0.25, 0.3) is 0 Å². The molecule has 1 amide bonds. The molecule has 7 heteroatoms. The van der Waals surface area contributed by atoms with Gasteiger partial charge in [-0.1, -0.05) is 0 Å². The second kappa shape index (κ2) is 6.64. The number of nitrogens with zero attached hydrogens (tertiary/aromatic N) is 3. The van der Waals surface area contributed by atoms with E-state index in [-0.39, 0.29) is 23.6 Å². The van der Waals surface area contributed by atoms with Crippen LogP contribution in [0.3, 0.4) is 0 Å². The van der Waals surface area contributed by atoms with Crippen molar-refractivity contribution in [1.29, 1.82) is 0 Å². The number of aromatic carboxylic acids is 1. The Bertz CT molecular complexity index is 910. The van der Waals surface area contributed by atoms with Crippen LogP contribution in [0.2, 0.25) is 0 Å². The molecule has 0 spiro atoms. The number of amides is 1. The van der Waals surface area contributed by atoms with E-state index >= 15 is 0 Å². The average molecular weight is 366 g/mol. The fourth-order valence-electron chi connectivity index (χ4n) is 3.94. The molecule has 27 heavy (non-hydrogen) atoms. The number of benzene rings is 1. The molecule has 2 heterocycles. The van der Waals surface area contributed by atoms with Gasteiger partial charge in [-0.2, -0.15) is 0 Å². The highest BCUT2D eigenvalue weighted by Gasteiger charge is 2.43. The lowest BCUT2D eigenvalue weighted by Crippen LogP contribution is -2.46. The standard InChI is InChI=1S/C20H22N4O3/c1-11-7-8-21-20(22-11)23-16-10-18(13-3-4-13)24(12(2)25)17-6-5-14(19(26)27)9-15(16)17/h5-9,13,16,18H,3-4,10H2,1-2H3,(H,26,27)(H,21,22,23). The highest BCUT2D eigenvalue weighted by Crippen LogP contribution is 2.47. The molecule has 1 aliphatic heterocycles.